The number of aryl methyl sites for hydroxylation is 1. The van der Waals surface area contributed by atoms with E-state index < -0.39 is 0 Å². The number of ether oxygens (including phenoxy) is 1. The zero-order chi connectivity index (χ0) is 20.8. The number of carbonyl (C=O) groups is 1. The lowest BCUT2D eigenvalue weighted by Crippen LogP contribution is -2.29. The van der Waals surface area contributed by atoms with E-state index in [1.165, 1.54) is 5.56 Å². The Balaban J connectivity index is 1.37. The summed E-state index contributed by atoms with van der Waals surface area (Å²) < 4.78 is 5.30. The van der Waals surface area contributed by atoms with Gasteiger partial charge < -0.3 is 10.1 Å². The molecule has 0 aliphatic heterocycles. The molecule has 0 spiro atoms. The minimum absolute atomic E-state index is 0.256. The summed E-state index contributed by atoms with van der Waals surface area (Å²) in [7, 11) is 1.65. The molecule has 1 aromatic heterocycles. The predicted octanol–water partition coefficient (Wildman–Crippen LogP) is 4.99. The highest BCUT2D eigenvalue weighted by Crippen LogP contribution is 2.28. The van der Waals surface area contributed by atoms with Crippen molar-refractivity contribution in [1.29, 1.82) is 0 Å². The van der Waals surface area contributed by atoms with E-state index in [9.17, 15) is 4.79 Å². The molecule has 0 bridgehead atoms. The molecule has 0 unspecified atom stereocenters. The van der Waals surface area contributed by atoms with Crippen molar-refractivity contribution in [3.05, 3.63) is 78.4 Å². The van der Waals surface area contributed by atoms with Crippen LogP contribution in [0.1, 0.15) is 12.0 Å². The van der Waals surface area contributed by atoms with Gasteiger partial charge in [0.05, 0.1) is 12.6 Å². The van der Waals surface area contributed by atoms with Gasteiger partial charge in [0.25, 0.3) is 0 Å². The van der Waals surface area contributed by atoms with Crippen LogP contribution in [0.15, 0.2) is 72.8 Å². The summed E-state index contributed by atoms with van der Waals surface area (Å²) in [4.78, 5) is 12.2. The lowest BCUT2D eigenvalue weighted by Gasteiger charge is -2.07. The van der Waals surface area contributed by atoms with Crippen molar-refractivity contribution in [3.8, 4) is 16.9 Å². The molecule has 0 saturated heterocycles. The topological polar surface area (TPSA) is 79.0 Å². The highest BCUT2D eigenvalue weighted by Gasteiger charge is 2.10. The molecule has 0 fully saturated rings. The molecular weight excluding hydrogens is 376 g/mol. The summed E-state index contributed by atoms with van der Waals surface area (Å²) in [6, 6.07) is 23.9. The second-order valence-electron chi connectivity index (χ2n) is 7.03. The van der Waals surface area contributed by atoms with E-state index in [2.05, 4.69) is 33.0 Å². The molecular formula is C24H24N4O2. The molecule has 2 amide bonds. The zero-order valence-electron chi connectivity index (χ0n) is 16.8. The molecule has 6 nitrogen and oxygen atoms in total. The van der Waals surface area contributed by atoms with E-state index in [4.69, 9.17) is 4.74 Å². The van der Waals surface area contributed by atoms with Crippen molar-refractivity contribution in [1.82, 2.24) is 15.5 Å². The first-order valence-electron chi connectivity index (χ1n) is 9.94. The number of methoxy groups -OCH3 is 1. The quantitative estimate of drug-likeness (QED) is 0.382. The van der Waals surface area contributed by atoms with E-state index in [1.807, 2.05) is 60.7 Å². The second kappa shape index (κ2) is 9.13. The van der Waals surface area contributed by atoms with Crippen molar-refractivity contribution >= 4 is 22.8 Å². The maximum Gasteiger partial charge on any atom is 0.320 e. The number of urea groups is 1. The average molecular weight is 400 g/mol. The first-order valence-corrected chi connectivity index (χ1v) is 9.94. The summed E-state index contributed by atoms with van der Waals surface area (Å²) in [5, 5.41) is 13.8. The number of nitrogens with one attached hydrogen (secondary N) is 3. The number of fused-ring (bicyclic) bond motifs is 1. The van der Waals surface area contributed by atoms with Crippen molar-refractivity contribution in [2.75, 3.05) is 19.0 Å². The van der Waals surface area contributed by atoms with E-state index >= 15 is 0 Å². The number of anilines is 1. The van der Waals surface area contributed by atoms with Gasteiger partial charge in [-0.1, -0.05) is 48.5 Å². The number of rotatable bonds is 7. The largest absolute Gasteiger partial charge is 0.497 e. The Bertz CT molecular complexity index is 1140. The van der Waals surface area contributed by atoms with Crippen LogP contribution in [0.25, 0.3) is 22.0 Å². The standard InChI is InChI=1S/C24H24N4O2/c1-30-20-11-5-10-18(15-20)19-12-13-21-22(16-19)27-28-23(21)26-24(29)25-14-6-9-17-7-3-2-4-8-17/h2-5,7-8,10-13,15-16H,6,9,14H2,1H3,(H3,25,26,27,28,29). The Labute approximate surface area is 175 Å². The monoisotopic (exact) mass is 400 g/mol. The highest BCUT2D eigenvalue weighted by atomic mass is 16.5. The fourth-order valence-electron chi connectivity index (χ4n) is 3.39. The van der Waals surface area contributed by atoms with E-state index in [-0.39, 0.29) is 6.03 Å². The third-order valence-electron chi connectivity index (χ3n) is 4.97. The minimum atomic E-state index is -0.256. The van der Waals surface area contributed by atoms with Crippen LogP contribution >= 0.6 is 0 Å². The van der Waals surface area contributed by atoms with Gasteiger partial charge in [0.1, 0.15) is 5.75 Å². The van der Waals surface area contributed by atoms with Crippen LogP contribution in [0.3, 0.4) is 0 Å². The van der Waals surface area contributed by atoms with Crippen LogP contribution in [-0.4, -0.2) is 29.9 Å². The lowest BCUT2D eigenvalue weighted by atomic mass is 10.0. The van der Waals surface area contributed by atoms with E-state index in [0.29, 0.717) is 12.4 Å². The van der Waals surface area contributed by atoms with Gasteiger partial charge in [-0.2, -0.15) is 5.10 Å². The van der Waals surface area contributed by atoms with Gasteiger partial charge in [0, 0.05) is 11.9 Å². The third kappa shape index (κ3) is 4.60. The Kier molecular flexibility index (Phi) is 5.94. The summed E-state index contributed by atoms with van der Waals surface area (Å²) in [5.41, 5.74) is 4.22. The van der Waals surface area contributed by atoms with Gasteiger partial charge in [0.2, 0.25) is 0 Å². The van der Waals surface area contributed by atoms with Gasteiger partial charge in [-0.15, -0.1) is 0 Å². The van der Waals surface area contributed by atoms with E-state index in [1.54, 1.807) is 7.11 Å². The van der Waals surface area contributed by atoms with Crippen molar-refractivity contribution in [3.63, 3.8) is 0 Å². The van der Waals surface area contributed by atoms with Crippen LogP contribution in [0.2, 0.25) is 0 Å². The number of benzene rings is 3. The molecule has 0 atom stereocenters. The third-order valence-corrected chi connectivity index (χ3v) is 4.97. The van der Waals surface area contributed by atoms with E-state index in [0.717, 1.165) is 40.6 Å². The van der Waals surface area contributed by atoms with Gasteiger partial charge in [-0.25, -0.2) is 4.79 Å². The normalized spacial score (nSPS) is 10.7. The first-order chi connectivity index (χ1) is 14.7. The number of nitrogens with zero attached hydrogens (tertiary/aromatic N) is 1. The van der Waals surface area contributed by atoms with Gasteiger partial charge >= 0.3 is 6.03 Å². The van der Waals surface area contributed by atoms with Crippen molar-refractivity contribution in [2.24, 2.45) is 0 Å². The summed E-state index contributed by atoms with van der Waals surface area (Å²) in [6.07, 6.45) is 1.81. The molecule has 3 aromatic carbocycles. The average Bonchev–Trinajstić information content (AvgIpc) is 3.19. The lowest BCUT2D eigenvalue weighted by molar-refractivity contribution is 0.252. The first kappa shape index (κ1) is 19.5. The molecule has 0 aliphatic carbocycles. The summed E-state index contributed by atoms with van der Waals surface area (Å²) in [6.45, 7) is 0.600. The molecule has 0 radical (unpaired) electrons. The van der Waals surface area contributed by atoms with Gasteiger partial charge in [0.15, 0.2) is 5.82 Å². The molecule has 30 heavy (non-hydrogen) atoms. The Hall–Kier alpha value is -3.80. The minimum Gasteiger partial charge on any atom is -0.497 e. The van der Waals surface area contributed by atoms with Crippen molar-refractivity contribution in [2.45, 2.75) is 12.8 Å². The molecule has 4 rings (SSSR count). The number of amides is 2. The molecule has 4 aromatic rings. The molecule has 1 heterocycles. The molecule has 3 N–H and O–H groups in total. The maximum absolute atomic E-state index is 12.2. The van der Waals surface area contributed by atoms with Crippen LogP contribution < -0.4 is 15.4 Å². The number of aromatic amines is 1. The number of carbonyl (C=O) groups excluding carboxylic acids is 1. The fraction of sp³-hybridized carbons (Fsp3) is 0.167. The van der Waals surface area contributed by atoms with Gasteiger partial charge in [-0.05, 0) is 53.8 Å². The molecule has 6 heteroatoms. The summed E-state index contributed by atoms with van der Waals surface area (Å²) >= 11 is 0. The van der Waals surface area contributed by atoms with Gasteiger partial charge in [-0.3, -0.25) is 10.4 Å². The smallest absolute Gasteiger partial charge is 0.320 e. The number of H-pyrrole nitrogens is 1. The number of hydrogen-bond donors (Lipinski definition) is 3. The molecule has 0 aliphatic rings. The SMILES string of the molecule is COc1cccc(-c2ccc3c(NC(=O)NCCCc4ccccc4)n[nH]c3c2)c1. The zero-order valence-corrected chi connectivity index (χ0v) is 16.8. The summed E-state index contributed by atoms with van der Waals surface area (Å²) in [5.74, 6) is 1.33. The maximum atomic E-state index is 12.2. The van der Waals surface area contributed by atoms with Crippen molar-refractivity contribution < 1.29 is 9.53 Å². The highest BCUT2D eigenvalue weighted by molar-refractivity contribution is 6.00. The Morgan fingerprint density at radius 2 is 1.83 bits per heavy atom. The van der Waals surface area contributed by atoms with Crippen LogP contribution in [0.5, 0.6) is 5.75 Å². The molecule has 152 valence electrons. The van der Waals surface area contributed by atoms with Crippen LogP contribution in [-0.2, 0) is 6.42 Å². The number of aromatic nitrogens is 2. The molecule has 0 saturated carbocycles. The predicted molar refractivity (Wildman–Crippen MR) is 120 cm³/mol. The Morgan fingerprint density at radius 3 is 2.67 bits per heavy atom. The van der Waals surface area contributed by atoms with Crippen LogP contribution in [0.4, 0.5) is 10.6 Å². The number of hydrogen-bond acceptors (Lipinski definition) is 3. The second-order valence-corrected chi connectivity index (χ2v) is 7.03. The van der Waals surface area contributed by atoms with Crippen LogP contribution in [0, 0.1) is 0 Å². The Morgan fingerprint density at radius 1 is 1.00 bits per heavy atom. The fourth-order valence-corrected chi connectivity index (χ4v) is 3.39.